The van der Waals surface area contributed by atoms with Gasteiger partial charge >= 0.3 is 0 Å². The smallest absolute Gasteiger partial charge is 0.271 e. The number of carbonyl (C=O) groups is 1. The number of ether oxygens (including phenoxy) is 3. The zero-order valence-electron chi connectivity index (χ0n) is 13.5. The summed E-state index contributed by atoms with van der Waals surface area (Å²) in [4.78, 5) is 24.4. The molecule has 8 heteroatoms. The number of nitro groups is 1. The van der Waals surface area contributed by atoms with Gasteiger partial charge in [-0.05, 0) is 18.2 Å². The van der Waals surface area contributed by atoms with Crippen LogP contribution in [0.1, 0.15) is 0 Å². The molecule has 0 unspecified atom stereocenters. The highest BCUT2D eigenvalue weighted by molar-refractivity contribution is 5.96. The predicted octanol–water partition coefficient (Wildman–Crippen LogP) is 2.41. The first-order valence-electron chi connectivity index (χ1n) is 7.57. The fourth-order valence-electron chi connectivity index (χ4n) is 2.49. The number of non-ortho nitro benzene ring substituents is 1. The molecule has 0 spiro atoms. The fourth-order valence-corrected chi connectivity index (χ4v) is 2.49. The Balaban J connectivity index is 1.75. The molecule has 0 radical (unpaired) electrons. The van der Waals surface area contributed by atoms with Crippen LogP contribution in [0.3, 0.4) is 0 Å². The van der Waals surface area contributed by atoms with Gasteiger partial charge in [0.1, 0.15) is 23.9 Å². The van der Waals surface area contributed by atoms with Gasteiger partial charge in [-0.1, -0.05) is 6.07 Å². The van der Waals surface area contributed by atoms with Gasteiger partial charge in [0.05, 0.1) is 24.3 Å². The van der Waals surface area contributed by atoms with Gasteiger partial charge in [-0.15, -0.1) is 0 Å². The lowest BCUT2D eigenvalue weighted by atomic mass is 10.2. The number of amides is 1. The maximum absolute atomic E-state index is 12.5. The number of carbonyl (C=O) groups excluding carboxylic acids is 1. The number of nitrogens with zero attached hydrogens (tertiary/aromatic N) is 2. The lowest BCUT2D eigenvalue weighted by Crippen LogP contribution is -2.40. The third-order valence-electron chi connectivity index (χ3n) is 3.72. The van der Waals surface area contributed by atoms with Gasteiger partial charge in [-0.2, -0.15) is 0 Å². The van der Waals surface area contributed by atoms with E-state index in [1.165, 1.54) is 23.1 Å². The zero-order chi connectivity index (χ0) is 17.8. The molecular formula is C17H16N2O6. The average Bonchev–Trinajstić information content (AvgIpc) is 2.65. The van der Waals surface area contributed by atoms with Gasteiger partial charge in [-0.3, -0.25) is 14.9 Å². The van der Waals surface area contributed by atoms with Crippen molar-refractivity contribution in [3.63, 3.8) is 0 Å². The second-order valence-electron chi connectivity index (χ2n) is 5.27. The van der Waals surface area contributed by atoms with Crippen LogP contribution in [0.15, 0.2) is 42.5 Å². The highest BCUT2D eigenvalue weighted by atomic mass is 16.6. The molecule has 1 heterocycles. The molecule has 0 N–H and O–H groups in total. The van der Waals surface area contributed by atoms with Crippen molar-refractivity contribution in [3.8, 4) is 17.2 Å². The number of hydrogen-bond donors (Lipinski definition) is 0. The minimum atomic E-state index is -0.510. The summed E-state index contributed by atoms with van der Waals surface area (Å²) < 4.78 is 16.1. The Bertz CT molecular complexity index is 807. The maximum Gasteiger partial charge on any atom is 0.271 e. The summed E-state index contributed by atoms with van der Waals surface area (Å²) >= 11 is 0. The standard InChI is InChI=1S/C17H16N2O6/c1-23-13-3-2-4-14(10-13)25-11-17(20)18-7-8-24-16-6-5-12(19(21)22)9-15(16)18/h2-6,9-10H,7-8,11H2,1H3. The van der Waals surface area contributed by atoms with Crippen LogP contribution in [-0.2, 0) is 4.79 Å². The van der Waals surface area contributed by atoms with Crippen molar-refractivity contribution in [2.24, 2.45) is 0 Å². The van der Waals surface area contributed by atoms with E-state index in [0.717, 1.165) is 0 Å². The number of nitro benzene ring substituents is 1. The largest absolute Gasteiger partial charge is 0.497 e. The summed E-state index contributed by atoms with van der Waals surface area (Å²) in [6.07, 6.45) is 0. The van der Waals surface area contributed by atoms with Crippen LogP contribution in [0.25, 0.3) is 0 Å². The molecule has 0 saturated carbocycles. The van der Waals surface area contributed by atoms with E-state index in [4.69, 9.17) is 14.2 Å². The molecule has 0 aliphatic carbocycles. The molecule has 0 aromatic heterocycles. The maximum atomic E-state index is 12.5. The van der Waals surface area contributed by atoms with E-state index in [-0.39, 0.29) is 18.2 Å². The molecule has 1 aliphatic heterocycles. The van der Waals surface area contributed by atoms with Crippen molar-refractivity contribution < 1.29 is 23.9 Å². The van der Waals surface area contributed by atoms with Crippen molar-refractivity contribution in [2.75, 3.05) is 31.8 Å². The van der Waals surface area contributed by atoms with Crippen molar-refractivity contribution >= 4 is 17.3 Å². The summed E-state index contributed by atoms with van der Waals surface area (Å²) in [6, 6.07) is 11.1. The second-order valence-corrected chi connectivity index (χ2v) is 5.27. The molecule has 0 bridgehead atoms. The second kappa shape index (κ2) is 7.08. The molecule has 2 aromatic carbocycles. The SMILES string of the molecule is COc1cccc(OCC(=O)N2CCOc3ccc([N+](=O)[O-])cc32)c1. The first-order chi connectivity index (χ1) is 12.1. The number of methoxy groups -OCH3 is 1. The van der Waals surface area contributed by atoms with Gasteiger partial charge in [0, 0.05) is 18.2 Å². The van der Waals surface area contributed by atoms with E-state index in [0.29, 0.717) is 36.1 Å². The van der Waals surface area contributed by atoms with Crippen LogP contribution in [0.4, 0.5) is 11.4 Å². The Hall–Kier alpha value is -3.29. The molecule has 8 nitrogen and oxygen atoms in total. The van der Waals surface area contributed by atoms with E-state index in [2.05, 4.69) is 0 Å². The molecule has 0 fully saturated rings. The van der Waals surface area contributed by atoms with Crippen LogP contribution in [0.5, 0.6) is 17.2 Å². The summed E-state index contributed by atoms with van der Waals surface area (Å²) in [5, 5.41) is 11.0. The Kier molecular flexibility index (Phi) is 4.69. The molecule has 1 aliphatic rings. The number of benzene rings is 2. The molecule has 25 heavy (non-hydrogen) atoms. The zero-order valence-corrected chi connectivity index (χ0v) is 13.5. The van der Waals surface area contributed by atoms with Gasteiger partial charge in [0.25, 0.3) is 11.6 Å². The lowest BCUT2D eigenvalue weighted by Gasteiger charge is -2.29. The molecular weight excluding hydrogens is 328 g/mol. The average molecular weight is 344 g/mol. The Morgan fingerprint density at radius 3 is 2.84 bits per heavy atom. The molecule has 2 aromatic rings. The van der Waals surface area contributed by atoms with E-state index >= 15 is 0 Å². The Morgan fingerprint density at radius 2 is 2.08 bits per heavy atom. The number of rotatable bonds is 5. The highest BCUT2D eigenvalue weighted by Crippen LogP contribution is 2.35. The van der Waals surface area contributed by atoms with Crippen molar-refractivity contribution in [2.45, 2.75) is 0 Å². The molecule has 0 atom stereocenters. The number of fused-ring (bicyclic) bond motifs is 1. The Morgan fingerprint density at radius 1 is 1.28 bits per heavy atom. The van der Waals surface area contributed by atoms with Gasteiger partial charge < -0.3 is 19.1 Å². The third-order valence-corrected chi connectivity index (χ3v) is 3.72. The molecule has 0 saturated heterocycles. The van der Waals surface area contributed by atoms with Crippen molar-refractivity contribution in [1.29, 1.82) is 0 Å². The van der Waals surface area contributed by atoms with Crippen LogP contribution in [0, 0.1) is 10.1 Å². The van der Waals surface area contributed by atoms with E-state index in [1.807, 2.05) is 0 Å². The third kappa shape index (κ3) is 3.63. The summed E-state index contributed by atoms with van der Waals surface area (Å²) in [5.74, 6) is 1.25. The topological polar surface area (TPSA) is 91.1 Å². The van der Waals surface area contributed by atoms with Crippen molar-refractivity contribution in [1.82, 2.24) is 0 Å². The van der Waals surface area contributed by atoms with E-state index in [9.17, 15) is 14.9 Å². The molecule has 3 rings (SSSR count). The molecule has 130 valence electrons. The summed E-state index contributed by atoms with van der Waals surface area (Å²) in [7, 11) is 1.54. The van der Waals surface area contributed by atoms with Crippen LogP contribution >= 0.6 is 0 Å². The van der Waals surface area contributed by atoms with Crippen LogP contribution in [-0.4, -0.2) is 37.7 Å². The normalized spacial score (nSPS) is 12.8. The van der Waals surface area contributed by atoms with Gasteiger partial charge in [0.15, 0.2) is 6.61 Å². The highest BCUT2D eigenvalue weighted by Gasteiger charge is 2.26. The van der Waals surface area contributed by atoms with E-state index < -0.39 is 4.92 Å². The number of anilines is 1. The predicted molar refractivity (Wildman–Crippen MR) is 89.4 cm³/mol. The first-order valence-corrected chi connectivity index (χ1v) is 7.57. The van der Waals surface area contributed by atoms with Crippen LogP contribution < -0.4 is 19.1 Å². The minimum Gasteiger partial charge on any atom is -0.497 e. The monoisotopic (exact) mass is 344 g/mol. The number of hydrogen-bond acceptors (Lipinski definition) is 6. The molecule has 1 amide bonds. The summed E-state index contributed by atoms with van der Waals surface area (Å²) in [6.45, 7) is 0.416. The summed E-state index contributed by atoms with van der Waals surface area (Å²) in [5.41, 5.74) is 0.274. The minimum absolute atomic E-state index is 0.101. The fraction of sp³-hybridized carbons (Fsp3) is 0.235. The van der Waals surface area contributed by atoms with Crippen LogP contribution in [0.2, 0.25) is 0 Å². The first kappa shape index (κ1) is 16.6. The van der Waals surface area contributed by atoms with Gasteiger partial charge in [-0.25, -0.2) is 0 Å². The lowest BCUT2D eigenvalue weighted by molar-refractivity contribution is -0.384. The Labute approximate surface area is 143 Å². The van der Waals surface area contributed by atoms with Gasteiger partial charge in [0.2, 0.25) is 0 Å². The van der Waals surface area contributed by atoms with E-state index in [1.54, 1.807) is 31.4 Å². The van der Waals surface area contributed by atoms with Crippen molar-refractivity contribution in [3.05, 3.63) is 52.6 Å². The quantitative estimate of drug-likeness (QED) is 0.611.